The number of nitrogens with zero attached hydrogens (tertiary/aromatic N) is 1. The van der Waals surface area contributed by atoms with E-state index in [0.29, 0.717) is 5.54 Å². The van der Waals surface area contributed by atoms with Crippen LogP contribution in [-0.2, 0) is 6.42 Å². The third-order valence-electron chi connectivity index (χ3n) is 4.70. The second-order valence-electron chi connectivity index (χ2n) is 6.60. The summed E-state index contributed by atoms with van der Waals surface area (Å²) in [6, 6.07) is 6.96. The van der Waals surface area contributed by atoms with Crippen LogP contribution in [0.15, 0.2) is 18.2 Å². The van der Waals surface area contributed by atoms with Crippen molar-refractivity contribution in [2.75, 3.05) is 24.5 Å². The summed E-state index contributed by atoms with van der Waals surface area (Å²) in [6.07, 6.45) is 6.57. The number of piperidine rings is 1. The van der Waals surface area contributed by atoms with Gasteiger partial charge in [0.1, 0.15) is 0 Å². The number of benzene rings is 1. The maximum absolute atomic E-state index is 3.74. The number of fused-ring (bicyclic) bond motifs is 1. The smallest absolute Gasteiger partial charge is 0.0399 e. The van der Waals surface area contributed by atoms with Gasteiger partial charge in [-0.3, -0.25) is 0 Å². The first-order valence-electron chi connectivity index (χ1n) is 7.76. The normalized spacial score (nSPS) is 27.2. The van der Waals surface area contributed by atoms with Crippen molar-refractivity contribution >= 4 is 5.69 Å². The average Bonchev–Trinajstić information content (AvgIpc) is 2.39. The monoisotopic (exact) mass is 258 g/mol. The first-order valence-corrected chi connectivity index (χ1v) is 7.76. The Hall–Kier alpha value is -1.02. The third-order valence-corrected chi connectivity index (χ3v) is 4.70. The van der Waals surface area contributed by atoms with Gasteiger partial charge < -0.3 is 10.2 Å². The van der Waals surface area contributed by atoms with E-state index in [4.69, 9.17) is 0 Å². The summed E-state index contributed by atoms with van der Waals surface area (Å²) in [5.41, 5.74) is 4.72. The Bertz CT molecular complexity index is 447. The molecule has 1 atom stereocenters. The Kier molecular flexibility index (Phi) is 3.53. The molecular weight excluding hydrogens is 232 g/mol. The summed E-state index contributed by atoms with van der Waals surface area (Å²) < 4.78 is 0. The SMILES string of the molecule is Cc1ccc2c(c1)CCCN2CC1(C)CCCCN1. The molecule has 1 aromatic rings. The largest absolute Gasteiger partial charge is 0.369 e. The van der Waals surface area contributed by atoms with E-state index in [0.717, 1.165) is 6.54 Å². The Labute approximate surface area is 117 Å². The number of anilines is 1. The van der Waals surface area contributed by atoms with E-state index in [1.54, 1.807) is 5.56 Å². The van der Waals surface area contributed by atoms with Crippen LogP contribution in [0.25, 0.3) is 0 Å². The molecule has 1 fully saturated rings. The predicted molar refractivity (Wildman–Crippen MR) is 82.0 cm³/mol. The minimum absolute atomic E-state index is 0.303. The minimum atomic E-state index is 0.303. The van der Waals surface area contributed by atoms with Crippen LogP contribution in [0.4, 0.5) is 5.69 Å². The Morgan fingerprint density at radius 3 is 2.95 bits per heavy atom. The molecule has 0 bridgehead atoms. The van der Waals surface area contributed by atoms with E-state index in [9.17, 15) is 0 Å². The van der Waals surface area contributed by atoms with Gasteiger partial charge in [-0.05, 0) is 57.7 Å². The zero-order valence-electron chi connectivity index (χ0n) is 12.3. The van der Waals surface area contributed by atoms with E-state index in [-0.39, 0.29) is 0 Å². The lowest BCUT2D eigenvalue weighted by Crippen LogP contribution is -2.54. The molecule has 104 valence electrons. The molecule has 1 unspecified atom stereocenters. The van der Waals surface area contributed by atoms with Crippen molar-refractivity contribution in [2.24, 2.45) is 0 Å². The lowest BCUT2D eigenvalue weighted by molar-refractivity contribution is 0.279. The Morgan fingerprint density at radius 2 is 2.16 bits per heavy atom. The molecule has 0 radical (unpaired) electrons. The highest BCUT2D eigenvalue weighted by Gasteiger charge is 2.30. The third kappa shape index (κ3) is 2.79. The topological polar surface area (TPSA) is 15.3 Å². The predicted octanol–water partition coefficient (Wildman–Crippen LogP) is 3.28. The van der Waals surface area contributed by atoms with Gasteiger partial charge in [-0.2, -0.15) is 0 Å². The van der Waals surface area contributed by atoms with Gasteiger partial charge in [-0.1, -0.05) is 24.1 Å². The molecule has 1 saturated heterocycles. The van der Waals surface area contributed by atoms with Crippen molar-refractivity contribution in [3.05, 3.63) is 29.3 Å². The van der Waals surface area contributed by atoms with Crippen molar-refractivity contribution in [1.82, 2.24) is 5.32 Å². The van der Waals surface area contributed by atoms with E-state index in [2.05, 4.69) is 42.3 Å². The van der Waals surface area contributed by atoms with Crippen molar-refractivity contribution < 1.29 is 0 Å². The first kappa shape index (κ1) is 13.0. The molecule has 2 heterocycles. The summed E-state index contributed by atoms with van der Waals surface area (Å²) in [4.78, 5) is 2.61. The molecule has 1 N–H and O–H groups in total. The minimum Gasteiger partial charge on any atom is -0.369 e. The maximum atomic E-state index is 3.74. The molecule has 0 aliphatic carbocycles. The zero-order chi connectivity index (χ0) is 13.3. The van der Waals surface area contributed by atoms with Crippen LogP contribution in [0.2, 0.25) is 0 Å². The molecule has 2 heteroatoms. The molecule has 2 aliphatic heterocycles. The molecule has 19 heavy (non-hydrogen) atoms. The standard InChI is InChI=1S/C17H26N2/c1-14-7-8-16-15(12-14)6-5-11-19(16)13-17(2)9-3-4-10-18-17/h7-8,12,18H,3-6,9-11,13H2,1-2H3. The summed E-state index contributed by atoms with van der Waals surface area (Å²) in [7, 11) is 0. The van der Waals surface area contributed by atoms with Crippen LogP contribution in [0.3, 0.4) is 0 Å². The summed E-state index contributed by atoms with van der Waals surface area (Å²) >= 11 is 0. The van der Waals surface area contributed by atoms with Crippen molar-refractivity contribution in [2.45, 2.75) is 51.5 Å². The number of nitrogens with one attached hydrogen (secondary N) is 1. The Morgan fingerprint density at radius 1 is 1.26 bits per heavy atom. The quantitative estimate of drug-likeness (QED) is 0.876. The maximum Gasteiger partial charge on any atom is 0.0399 e. The molecule has 0 spiro atoms. The highest BCUT2D eigenvalue weighted by molar-refractivity contribution is 5.57. The molecule has 1 aromatic carbocycles. The van der Waals surface area contributed by atoms with Gasteiger partial charge >= 0.3 is 0 Å². The number of rotatable bonds is 2. The van der Waals surface area contributed by atoms with Crippen molar-refractivity contribution in [1.29, 1.82) is 0 Å². The van der Waals surface area contributed by atoms with Gasteiger partial charge in [0.05, 0.1) is 0 Å². The van der Waals surface area contributed by atoms with Crippen LogP contribution in [0, 0.1) is 6.92 Å². The Balaban J connectivity index is 1.79. The van der Waals surface area contributed by atoms with Gasteiger partial charge in [0.25, 0.3) is 0 Å². The first-order chi connectivity index (χ1) is 9.16. The van der Waals surface area contributed by atoms with Crippen molar-refractivity contribution in [3.8, 4) is 0 Å². The summed E-state index contributed by atoms with van der Waals surface area (Å²) in [5.74, 6) is 0. The second kappa shape index (κ2) is 5.16. The molecule has 0 aromatic heterocycles. The van der Waals surface area contributed by atoms with Gasteiger partial charge in [0.15, 0.2) is 0 Å². The fraction of sp³-hybridized carbons (Fsp3) is 0.647. The van der Waals surface area contributed by atoms with Crippen LogP contribution < -0.4 is 10.2 Å². The van der Waals surface area contributed by atoms with E-state index < -0.39 is 0 Å². The fourth-order valence-electron chi connectivity index (χ4n) is 3.64. The molecular formula is C17H26N2. The highest BCUT2D eigenvalue weighted by atomic mass is 15.2. The van der Waals surface area contributed by atoms with Gasteiger partial charge in [0, 0.05) is 24.3 Å². The average molecular weight is 258 g/mol. The highest BCUT2D eigenvalue weighted by Crippen LogP contribution is 2.30. The molecule has 2 nitrogen and oxygen atoms in total. The van der Waals surface area contributed by atoms with Gasteiger partial charge in [0.2, 0.25) is 0 Å². The van der Waals surface area contributed by atoms with E-state index in [1.165, 1.54) is 56.4 Å². The van der Waals surface area contributed by atoms with Crippen molar-refractivity contribution in [3.63, 3.8) is 0 Å². The molecule has 0 saturated carbocycles. The zero-order valence-corrected chi connectivity index (χ0v) is 12.3. The fourth-order valence-corrected chi connectivity index (χ4v) is 3.64. The van der Waals surface area contributed by atoms with Gasteiger partial charge in [-0.25, -0.2) is 0 Å². The summed E-state index contributed by atoms with van der Waals surface area (Å²) in [5, 5.41) is 3.74. The lowest BCUT2D eigenvalue weighted by atomic mass is 9.89. The number of aryl methyl sites for hydroxylation is 2. The molecule has 3 rings (SSSR count). The molecule has 0 amide bonds. The van der Waals surface area contributed by atoms with Gasteiger partial charge in [-0.15, -0.1) is 0 Å². The summed E-state index contributed by atoms with van der Waals surface area (Å²) in [6.45, 7) is 8.15. The van der Waals surface area contributed by atoms with Crippen LogP contribution in [0.5, 0.6) is 0 Å². The van der Waals surface area contributed by atoms with Crippen LogP contribution in [0.1, 0.15) is 43.7 Å². The second-order valence-corrected chi connectivity index (χ2v) is 6.60. The number of hydrogen-bond donors (Lipinski definition) is 1. The van der Waals surface area contributed by atoms with E-state index in [1.807, 2.05) is 0 Å². The lowest BCUT2D eigenvalue weighted by Gasteiger charge is -2.42. The van der Waals surface area contributed by atoms with E-state index >= 15 is 0 Å². The van der Waals surface area contributed by atoms with Crippen LogP contribution >= 0.6 is 0 Å². The molecule has 2 aliphatic rings. The number of hydrogen-bond acceptors (Lipinski definition) is 2. The van der Waals surface area contributed by atoms with Crippen LogP contribution in [-0.4, -0.2) is 25.2 Å².